The number of aromatic nitrogens is 5. The van der Waals surface area contributed by atoms with Crippen LogP contribution in [-0.4, -0.2) is 29.5 Å². The highest BCUT2D eigenvalue weighted by atomic mass is 16.6. The van der Waals surface area contributed by atoms with Crippen molar-refractivity contribution in [2.75, 3.05) is 5.32 Å². The number of fused-ring (bicyclic) bond motifs is 1. The molecule has 0 spiro atoms. The van der Waals surface area contributed by atoms with Crippen molar-refractivity contribution in [1.29, 1.82) is 0 Å². The molecule has 0 aromatic carbocycles. The lowest BCUT2D eigenvalue weighted by atomic mass is 10.2. The number of rotatable bonds is 5. The highest BCUT2D eigenvalue weighted by Gasteiger charge is 2.26. The van der Waals surface area contributed by atoms with Gasteiger partial charge in [-0.2, -0.15) is 5.10 Å². The third-order valence-electron chi connectivity index (χ3n) is 4.21. The zero-order valence-electron chi connectivity index (χ0n) is 13.4. The predicted molar refractivity (Wildman–Crippen MR) is 84.1 cm³/mol. The Morgan fingerprint density at radius 1 is 1.30 bits per heavy atom. The summed E-state index contributed by atoms with van der Waals surface area (Å²) in [7, 11) is 1.71. The summed E-state index contributed by atoms with van der Waals surface area (Å²) in [5.41, 5.74) is 0.533. The maximum atomic E-state index is 11.3. The summed E-state index contributed by atoms with van der Waals surface area (Å²) in [5.74, 6) is 2.24. The molecule has 9 heteroatoms. The Labute approximate surface area is 133 Å². The molecule has 3 rings (SSSR count). The van der Waals surface area contributed by atoms with Gasteiger partial charge >= 0.3 is 5.69 Å². The van der Waals surface area contributed by atoms with Crippen LogP contribution in [0.2, 0.25) is 0 Å². The Balaban J connectivity index is 1.83. The Morgan fingerprint density at radius 2 is 2.13 bits per heavy atom. The first-order valence-corrected chi connectivity index (χ1v) is 7.97. The molecule has 0 amide bonds. The van der Waals surface area contributed by atoms with Gasteiger partial charge in [0.25, 0.3) is 0 Å². The van der Waals surface area contributed by atoms with Gasteiger partial charge in [0.15, 0.2) is 5.82 Å². The molecule has 0 bridgehead atoms. The van der Waals surface area contributed by atoms with E-state index in [4.69, 9.17) is 0 Å². The predicted octanol–water partition coefficient (Wildman–Crippen LogP) is 1.82. The molecule has 0 fully saturated rings. The van der Waals surface area contributed by atoms with E-state index in [1.54, 1.807) is 7.05 Å². The molecular weight excluding hydrogens is 298 g/mol. The van der Waals surface area contributed by atoms with E-state index < -0.39 is 0 Å². The number of nitrogens with one attached hydrogen (secondary N) is 1. The lowest BCUT2D eigenvalue weighted by molar-refractivity contribution is -0.384. The van der Waals surface area contributed by atoms with Crippen LogP contribution in [0.5, 0.6) is 0 Å². The number of anilines is 1. The van der Waals surface area contributed by atoms with Crippen LogP contribution in [-0.2, 0) is 33.0 Å². The minimum Gasteiger partial charge on any atom is -0.357 e. The first-order chi connectivity index (χ1) is 11.1. The molecule has 9 nitrogen and oxygen atoms in total. The summed E-state index contributed by atoms with van der Waals surface area (Å²) < 4.78 is 3.65. The van der Waals surface area contributed by atoms with Crippen LogP contribution in [0.15, 0.2) is 0 Å². The fourth-order valence-corrected chi connectivity index (χ4v) is 3.04. The van der Waals surface area contributed by atoms with Crippen molar-refractivity contribution >= 4 is 11.5 Å². The summed E-state index contributed by atoms with van der Waals surface area (Å²) in [5, 5.41) is 27.2. The molecular formula is C14H21N7O2. The standard InChI is InChI=1S/C14H21N7O2/c1-3-10-13(21(22)23)14(19(2)18-10)15-9-12-17-16-11-7-5-4-6-8-20(11)12/h15H,3-9H2,1-2H3. The second kappa shape index (κ2) is 6.35. The molecule has 0 saturated carbocycles. The zero-order chi connectivity index (χ0) is 16.4. The third-order valence-corrected chi connectivity index (χ3v) is 4.21. The fourth-order valence-electron chi connectivity index (χ4n) is 3.04. The maximum absolute atomic E-state index is 11.3. The molecule has 0 radical (unpaired) electrons. The molecule has 0 aliphatic carbocycles. The number of nitro groups is 1. The molecule has 1 aliphatic heterocycles. The normalized spacial score (nSPS) is 14.3. The Kier molecular flexibility index (Phi) is 4.26. The van der Waals surface area contributed by atoms with Gasteiger partial charge in [-0.3, -0.25) is 10.1 Å². The first kappa shape index (κ1) is 15.4. The van der Waals surface area contributed by atoms with Gasteiger partial charge in [0.2, 0.25) is 5.82 Å². The fraction of sp³-hybridized carbons (Fsp3) is 0.643. The molecule has 2 aromatic rings. The highest BCUT2D eigenvalue weighted by Crippen LogP contribution is 2.28. The summed E-state index contributed by atoms with van der Waals surface area (Å²) in [6, 6.07) is 0. The van der Waals surface area contributed by atoms with Gasteiger partial charge in [-0.05, 0) is 19.3 Å². The van der Waals surface area contributed by atoms with Crippen molar-refractivity contribution in [3.63, 3.8) is 0 Å². The summed E-state index contributed by atoms with van der Waals surface area (Å²) in [4.78, 5) is 11.0. The summed E-state index contributed by atoms with van der Waals surface area (Å²) in [6.45, 7) is 3.17. The van der Waals surface area contributed by atoms with Crippen molar-refractivity contribution < 1.29 is 4.92 Å². The Hall–Kier alpha value is -2.45. The van der Waals surface area contributed by atoms with Gasteiger partial charge in [0.1, 0.15) is 11.5 Å². The van der Waals surface area contributed by atoms with Gasteiger partial charge in [0, 0.05) is 20.0 Å². The van der Waals surface area contributed by atoms with E-state index in [1.165, 1.54) is 11.1 Å². The van der Waals surface area contributed by atoms with E-state index in [2.05, 4.69) is 25.2 Å². The molecule has 0 atom stereocenters. The van der Waals surface area contributed by atoms with Crippen LogP contribution in [0.1, 0.15) is 43.5 Å². The van der Waals surface area contributed by atoms with Crippen LogP contribution in [0.3, 0.4) is 0 Å². The van der Waals surface area contributed by atoms with E-state index in [0.717, 1.165) is 37.5 Å². The summed E-state index contributed by atoms with van der Waals surface area (Å²) >= 11 is 0. The summed E-state index contributed by atoms with van der Waals surface area (Å²) in [6.07, 6.45) is 4.91. The van der Waals surface area contributed by atoms with Crippen molar-refractivity contribution in [1.82, 2.24) is 24.5 Å². The van der Waals surface area contributed by atoms with Gasteiger partial charge in [-0.15, -0.1) is 10.2 Å². The Morgan fingerprint density at radius 3 is 2.87 bits per heavy atom. The third kappa shape index (κ3) is 2.90. The number of hydrogen-bond acceptors (Lipinski definition) is 6. The first-order valence-electron chi connectivity index (χ1n) is 7.97. The second-order valence-corrected chi connectivity index (χ2v) is 5.73. The molecule has 0 unspecified atom stereocenters. The molecule has 1 N–H and O–H groups in total. The number of hydrogen-bond donors (Lipinski definition) is 1. The average Bonchev–Trinajstić information content (AvgIpc) is 2.96. The van der Waals surface area contributed by atoms with Crippen molar-refractivity contribution in [2.24, 2.45) is 7.05 Å². The SMILES string of the molecule is CCc1nn(C)c(NCc2nnc3n2CCCCC3)c1[N+](=O)[O-]. The van der Waals surface area contributed by atoms with Gasteiger partial charge in [0.05, 0.1) is 11.5 Å². The van der Waals surface area contributed by atoms with E-state index in [9.17, 15) is 10.1 Å². The molecule has 1 aliphatic rings. The van der Waals surface area contributed by atoms with Crippen molar-refractivity contribution in [2.45, 2.75) is 52.1 Å². The quantitative estimate of drug-likeness (QED) is 0.666. The van der Waals surface area contributed by atoms with Crippen molar-refractivity contribution in [3.05, 3.63) is 27.5 Å². The van der Waals surface area contributed by atoms with Gasteiger partial charge < -0.3 is 9.88 Å². The lowest BCUT2D eigenvalue weighted by Gasteiger charge is -2.08. The van der Waals surface area contributed by atoms with Crippen LogP contribution < -0.4 is 5.32 Å². The zero-order valence-corrected chi connectivity index (χ0v) is 13.4. The van der Waals surface area contributed by atoms with E-state index in [1.807, 2.05) is 6.92 Å². The average molecular weight is 319 g/mol. The smallest absolute Gasteiger partial charge is 0.333 e. The van der Waals surface area contributed by atoms with Crippen LogP contribution in [0.25, 0.3) is 0 Å². The minimum absolute atomic E-state index is 0.0469. The highest BCUT2D eigenvalue weighted by molar-refractivity contribution is 5.59. The number of nitrogens with zero attached hydrogens (tertiary/aromatic N) is 6. The minimum atomic E-state index is -0.376. The van der Waals surface area contributed by atoms with Crippen LogP contribution >= 0.6 is 0 Å². The Bertz CT molecular complexity index is 719. The maximum Gasteiger partial charge on any atom is 0.333 e. The van der Waals surface area contributed by atoms with Crippen LogP contribution in [0.4, 0.5) is 11.5 Å². The molecule has 2 aromatic heterocycles. The van der Waals surface area contributed by atoms with Gasteiger partial charge in [-0.25, -0.2) is 4.68 Å². The largest absolute Gasteiger partial charge is 0.357 e. The van der Waals surface area contributed by atoms with E-state index >= 15 is 0 Å². The topological polar surface area (TPSA) is 104 Å². The van der Waals surface area contributed by atoms with Gasteiger partial charge in [-0.1, -0.05) is 13.3 Å². The van der Waals surface area contributed by atoms with E-state index in [-0.39, 0.29) is 10.6 Å². The van der Waals surface area contributed by atoms with Crippen LogP contribution in [0, 0.1) is 10.1 Å². The molecule has 23 heavy (non-hydrogen) atoms. The van der Waals surface area contributed by atoms with E-state index in [0.29, 0.717) is 24.5 Å². The number of aryl methyl sites for hydroxylation is 3. The second-order valence-electron chi connectivity index (χ2n) is 5.73. The lowest BCUT2D eigenvalue weighted by Crippen LogP contribution is -2.12. The van der Waals surface area contributed by atoms with Crippen molar-refractivity contribution in [3.8, 4) is 0 Å². The molecule has 0 saturated heterocycles. The monoisotopic (exact) mass is 319 g/mol. The molecule has 3 heterocycles. The molecule has 124 valence electrons.